The topological polar surface area (TPSA) is 94.6 Å². The maximum absolute atomic E-state index is 13.7. The molecule has 12 heteroatoms. The first-order valence-corrected chi connectivity index (χ1v) is 14.6. The number of hydrogen-bond acceptors (Lipinski definition) is 7. The third kappa shape index (κ3) is 8.91. The average molecular weight is 607 g/mol. The Labute approximate surface area is 250 Å². The summed E-state index contributed by atoms with van der Waals surface area (Å²) in [4.78, 5) is 32.1. The molecule has 0 radical (unpaired) electrons. The van der Waals surface area contributed by atoms with Crippen molar-refractivity contribution < 1.29 is 37.3 Å². The fraction of sp³-hybridized carbons (Fsp3) is 0.548. The predicted molar refractivity (Wildman–Crippen MR) is 156 cm³/mol. The standard InChI is InChI=1S/C31H41F3N4O5/c1-21-17-38(22(2)20-39)30(41)26-16-25(35-29(40)10-11-37-12-14-42-15-13-37)8-9-27(26)43-28(21)19-36(3)18-23-4-6-24(7-5-23)31(32,33)34/h4-9,16,21-22,28,39H,10-15,17-20H2,1-3H3,(H,35,40)/t21-,22-,28-/m1/s1. The highest BCUT2D eigenvalue weighted by molar-refractivity contribution is 6.00. The van der Waals surface area contributed by atoms with Crippen molar-refractivity contribution in [2.45, 2.75) is 45.1 Å². The first-order chi connectivity index (χ1) is 20.4. The summed E-state index contributed by atoms with van der Waals surface area (Å²) in [6.45, 7) is 8.20. The molecule has 9 nitrogen and oxygen atoms in total. The molecule has 0 aromatic heterocycles. The van der Waals surface area contributed by atoms with Gasteiger partial charge in [0.2, 0.25) is 5.91 Å². The van der Waals surface area contributed by atoms with Crippen molar-refractivity contribution in [3.8, 4) is 5.75 Å². The fourth-order valence-electron chi connectivity index (χ4n) is 5.31. The Kier molecular flexibility index (Phi) is 11.0. The summed E-state index contributed by atoms with van der Waals surface area (Å²) in [5, 5.41) is 12.8. The molecular formula is C31H41F3N4O5. The van der Waals surface area contributed by atoms with Gasteiger partial charge in [-0.05, 0) is 49.9 Å². The van der Waals surface area contributed by atoms with Crippen molar-refractivity contribution in [1.82, 2.24) is 14.7 Å². The van der Waals surface area contributed by atoms with Gasteiger partial charge in [-0.1, -0.05) is 19.1 Å². The van der Waals surface area contributed by atoms with Gasteiger partial charge < -0.3 is 24.8 Å². The van der Waals surface area contributed by atoms with E-state index in [1.807, 2.05) is 18.9 Å². The zero-order chi connectivity index (χ0) is 31.1. The SMILES string of the molecule is C[C@@H]1CN([C@H](C)CO)C(=O)c2cc(NC(=O)CCN3CCOCC3)ccc2O[C@@H]1CN(C)Cc1ccc(C(F)(F)F)cc1. The highest BCUT2D eigenvalue weighted by Crippen LogP contribution is 2.32. The first-order valence-electron chi connectivity index (χ1n) is 14.6. The fourth-order valence-corrected chi connectivity index (χ4v) is 5.31. The molecule has 2 aliphatic rings. The van der Waals surface area contributed by atoms with Gasteiger partial charge in [-0.3, -0.25) is 19.4 Å². The Morgan fingerprint density at radius 2 is 1.86 bits per heavy atom. The van der Waals surface area contributed by atoms with Gasteiger partial charge in [-0.25, -0.2) is 0 Å². The van der Waals surface area contributed by atoms with Gasteiger partial charge in [0.05, 0.1) is 37.0 Å². The monoisotopic (exact) mass is 606 g/mol. The van der Waals surface area contributed by atoms with Gasteiger partial charge >= 0.3 is 6.18 Å². The summed E-state index contributed by atoms with van der Waals surface area (Å²) in [6, 6.07) is 9.63. The lowest BCUT2D eigenvalue weighted by atomic mass is 9.99. The molecule has 43 heavy (non-hydrogen) atoms. The van der Waals surface area contributed by atoms with Crippen LogP contribution < -0.4 is 10.1 Å². The predicted octanol–water partition coefficient (Wildman–Crippen LogP) is 3.72. The number of carbonyl (C=O) groups excluding carboxylic acids is 2. The Morgan fingerprint density at radius 1 is 1.16 bits per heavy atom. The molecule has 2 aliphatic heterocycles. The van der Waals surface area contributed by atoms with Crippen LogP contribution in [0.3, 0.4) is 0 Å². The number of nitrogens with zero attached hydrogens (tertiary/aromatic N) is 3. The van der Waals surface area contributed by atoms with Crippen LogP contribution in [0.5, 0.6) is 5.75 Å². The van der Waals surface area contributed by atoms with Crippen LogP contribution in [0, 0.1) is 5.92 Å². The number of nitrogens with one attached hydrogen (secondary N) is 1. The van der Waals surface area contributed by atoms with Gasteiger partial charge in [0.25, 0.3) is 5.91 Å². The van der Waals surface area contributed by atoms with E-state index in [1.165, 1.54) is 12.1 Å². The van der Waals surface area contributed by atoms with Crippen LogP contribution in [0.1, 0.15) is 41.8 Å². The lowest BCUT2D eigenvalue weighted by Gasteiger charge is -2.38. The van der Waals surface area contributed by atoms with Crippen molar-refractivity contribution in [3.63, 3.8) is 0 Å². The van der Waals surface area contributed by atoms with Crippen LogP contribution in [0.25, 0.3) is 0 Å². The van der Waals surface area contributed by atoms with Gasteiger partial charge in [-0.15, -0.1) is 0 Å². The molecule has 0 aliphatic carbocycles. The third-order valence-electron chi connectivity index (χ3n) is 7.93. The molecule has 2 amide bonds. The van der Waals surface area contributed by atoms with E-state index in [-0.39, 0.29) is 36.0 Å². The summed E-state index contributed by atoms with van der Waals surface area (Å²) in [6.07, 6.45) is -4.45. The second-order valence-corrected chi connectivity index (χ2v) is 11.5. The van der Waals surface area contributed by atoms with E-state index in [0.29, 0.717) is 57.3 Å². The number of halogens is 3. The molecule has 2 N–H and O–H groups in total. The van der Waals surface area contributed by atoms with Crippen LogP contribution in [0.4, 0.5) is 18.9 Å². The Balaban J connectivity index is 1.48. The third-order valence-corrected chi connectivity index (χ3v) is 7.93. The van der Waals surface area contributed by atoms with E-state index >= 15 is 0 Å². The quantitative estimate of drug-likeness (QED) is 0.426. The second kappa shape index (κ2) is 14.5. The molecule has 4 rings (SSSR count). The number of ether oxygens (including phenoxy) is 2. The second-order valence-electron chi connectivity index (χ2n) is 11.5. The minimum absolute atomic E-state index is 0.124. The molecule has 0 bridgehead atoms. The highest BCUT2D eigenvalue weighted by Gasteiger charge is 2.34. The largest absolute Gasteiger partial charge is 0.488 e. The number of fused-ring (bicyclic) bond motifs is 1. The number of aliphatic hydroxyl groups is 1. The van der Waals surface area contributed by atoms with Crippen molar-refractivity contribution in [1.29, 1.82) is 0 Å². The minimum atomic E-state index is -4.39. The molecule has 3 atom stereocenters. The zero-order valence-corrected chi connectivity index (χ0v) is 24.9. The average Bonchev–Trinajstić information content (AvgIpc) is 2.98. The maximum atomic E-state index is 13.7. The number of amides is 2. The molecule has 0 spiro atoms. The molecule has 2 aromatic carbocycles. The molecule has 0 unspecified atom stereocenters. The number of aliphatic hydroxyl groups excluding tert-OH is 1. The summed E-state index contributed by atoms with van der Waals surface area (Å²) in [5.74, 6) is -0.223. The number of likely N-dealkylation sites (N-methyl/N-ethyl adjacent to an activating group) is 1. The molecular weight excluding hydrogens is 565 g/mol. The number of alkyl halides is 3. The molecule has 0 saturated carbocycles. The summed E-state index contributed by atoms with van der Waals surface area (Å²) in [5.41, 5.74) is 0.800. The summed E-state index contributed by atoms with van der Waals surface area (Å²) < 4.78 is 50.7. The van der Waals surface area contributed by atoms with Gasteiger partial charge in [0.15, 0.2) is 0 Å². The van der Waals surface area contributed by atoms with E-state index in [1.54, 1.807) is 30.0 Å². The lowest BCUT2D eigenvalue weighted by Crippen LogP contribution is -2.49. The van der Waals surface area contributed by atoms with Crippen LogP contribution in [0.2, 0.25) is 0 Å². The molecule has 2 heterocycles. The van der Waals surface area contributed by atoms with Gasteiger partial charge in [0, 0.05) is 57.3 Å². The van der Waals surface area contributed by atoms with Crippen molar-refractivity contribution in [2.75, 3.05) is 64.9 Å². The summed E-state index contributed by atoms with van der Waals surface area (Å²) >= 11 is 0. The number of hydrogen-bond donors (Lipinski definition) is 2. The smallest absolute Gasteiger partial charge is 0.416 e. The van der Waals surface area contributed by atoms with Crippen LogP contribution in [-0.2, 0) is 22.3 Å². The van der Waals surface area contributed by atoms with Gasteiger partial charge in [0.1, 0.15) is 11.9 Å². The van der Waals surface area contributed by atoms with E-state index in [2.05, 4.69) is 10.2 Å². The van der Waals surface area contributed by atoms with Crippen molar-refractivity contribution in [3.05, 3.63) is 59.2 Å². The van der Waals surface area contributed by atoms with Crippen molar-refractivity contribution >= 4 is 17.5 Å². The normalized spacial score (nSPS) is 20.7. The van der Waals surface area contributed by atoms with Gasteiger partial charge in [-0.2, -0.15) is 13.2 Å². The van der Waals surface area contributed by atoms with E-state index in [0.717, 1.165) is 30.8 Å². The van der Waals surface area contributed by atoms with Crippen LogP contribution in [-0.4, -0.2) is 103 Å². The number of benzene rings is 2. The summed E-state index contributed by atoms with van der Waals surface area (Å²) in [7, 11) is 1.86. The van der Waals surface area contributed by atoms with E-state index in [4.69, 9.17) is 9.47 Å². The Bertz CT molecular complexity index is 1240. The van der Waals surface area contributed by atoms with Crippen LogP contribution >= 0.6 is 0 Å². The van der Waals surface area contributed by atoms with Crippen LogP contribution in [0.15, 0.2) is 42.5 Å². The first kappa shape index (κ1) is 32.7. The zero-order valence-electron chi connectivity index (χ0n) is 24.9. The highest BCUT2D eigenvalue weighted by atomic mass is 19.4. The van der Waals surface area contributed by atoms with E-state index < -0.39 is 17.8 Å². The Hall–Kier alpha value is -3.19. The Morgan fingerprint density at radius 3 is 2.51 bits per heavy atom. The minimum Gasteiger partial charge on any atom is -0.488 e. The molecule has 236 valence electrons. The maximum Gasteiger partial charge on any atom is 0.416 e. The number of morpholine rings is 1. The molecule has 1 fully saturated rings. The molecule has 1 saturated heterocycles. The van der Waals surface area contributed by atoms with Crippen molar-refractivity contribution in [2.24, 2.45) is 5.92 Å². The number of carbonyl (C=O) groups is 2. The number of rotatable bonds is 10. The lowest BCUT2D eigenvalue weighted by molar-refractivity contribution is -0.137. The molecule has 2 aromatic rings. The number of anilines is 1. The van der Waals surface area contributed by atoms with E-state index in [9.17, 15) is 27.9 Å².